The van der Waals surface area contributed by atoms with Crippen LogP contribution < -0.4 is 0 Å². The molecule has 0 spiro atoms. The molecule has 0 N–H and O–H groups in total. The average Bonchev–Trinajstić information content (AvgIpc) is 3.06. The number of nitro benzene ring substituents is 1. The van der Waals surface area contributed by atoms with Crippen LogP contribution in [0.5, 0.6) is 0 Å². The number of halogens is 1. The number of esters is 1. The summed E-state index contributed by atoms with van der Waals surface area (Å²) in [5.41, 5.74) is 2.22. The summed E-state index contributed by atoms with van der Waals surface area (Å²) in [7, 11) is 0. The number of hydrogen-bond acceptors (Lipinski definition) is 6. The number of carbonyl (C=O) groups is 1. The van der Waals surface area contributed by atoms with Gasteiger partial charge in [0.1, 0.15) is 18.1 Å². The first-order valence-corrected chi connectivity index (χ1v) is 8.24. The number of non-ortho nitro benzene ring substituents is 1. The summed E-state index contributed by atoms with van der Waals surface area (Å²) in [6, 6.07) is 11.6. The third-order valence-corrected chi connectivity index (χ3v) is 3.97. The Kier molecular flexibility index (Phi) is 5.59. The van der Waals surface area contributed by atoms with Crippen LogP contribution in [0.15, 0.2) is 59.1 Å². The lowest BCUT2D eigenvalue weighted by atomic mass is 10.1. The summed E-state index contributed by atoms with van der Waals surface area (Å²) in [4.78, 5) is 22.1. The molecule has 1 heterocycles. The summed E-state index contributed by atoms with van der Waals surface area (Å²) >= 11 is 0. The lowest BCUT2D eigenvalue weighted by molar-refractivity contribution is -0.384. The summed E-state index contributed by atoms with van der Waals surface area (Å²) in [6.45, 7) is 1.66. The summed E-state index contributed by atoms with van der Waals surface area (Å²) in [5, 5.41) is 14.6. The lowest BCUT2D eigenvalue weighted by Gasteiger charge is -2.00. The number of rotatable bonds is 6. The van der Waals surface area contributed by atoms with E-state index >= 15 is 0 Å². The molecule has 7 nitrogen and oxygen atoms in total. The van der Waals surface area contributed by atoms with Crippen molar-refractivity contribution < 1.29 is 23.4 Å². The van der Waals surface area contributed by atoms with E-state index in [4.69, 9.17) is 9.26 Å². The molecule has 28 heavy (non-hydrogen) atoms. The van der Waals surface area contributed by atoms with Crippen molar-refractivity contribution in [3.63, 3.8) is 0 Å². The molecule has 0 unspecified atom stereocenters. The molecule has 0 aliphatic heterocycles. The molecule has 0 fully saturated rings. The molecule has 0 aliphatic carbocycles. The highest BCUT2D eigenvalue weighted by molar-refractivity contribution is 5.87. The van der Waals surface area contributed by atoms with E-state index in [1.165, 1.54) is 42.5 Å². The maximum atomic E-state index is 13.0. The van der Waals surface area contributed by atoms with Crippen LogP contribution in [0.25, 0.3) is 17.4 Å². The first kappa shape index (κ1) is 19.0. The third kappa shape index (κ3) is 4.47. The predicted molar refractivity (Wildman–Crippen MR) is 98.6 cm³/mol. The molecule has 0 saturated heterocycles. The highest BCUT2D eigenvalue weighted by atomic mass is 19.1. The second-order valence-electron chi connectivity index (χ2n) is 5.88. The first-order chi connectivity index (χ1) is 13.4. The van der Waals surface area contributed by atoms with Crippen LogP contribution in [0, 0.1) is 22.9 Å². The zero-order valence-corrected chi connectivity index (χ0v) is 14.8. The fraction of sp³-hybridized carbons (Fsp3) is 0.100. The molecule has 0 saturated carbocycles. The molecule has 3 rings (SSSR count). The number of carbonyl (C=O) groups excluding carboxylic acids is 1. The summed E-state index contributed by atoms with van der Waals surface area (Å²) in [6.07, 6.45) is 2.60. The van der Waals surface area contributed by atoms with Gasteiger partial charge in [-0.3, -0.25) is 10.1 Å². The highest BCUT2D eigenvalue weighted by Crippen LogP contribution is 2.26. The van der Waals surface area contributed by atoms with Gasteiger partial charge >= 0.3 is 5.97 Å². The van der Waals surface area contributed by atoms with Gasteiger partial charge < -0.3 is 9.26 Å². The summed E-state index contributed by atoms with van der Waals surface area (Å²) < 4.78 is 23.4. The molecule has 8 heteroatoms. The zero-order valence-electron chi connectivity index (χ0n) is 14.8. The first-order valence-electron chi connectivity index (χ1n) is 8.24. The normalized spacial score (nSPS) is 10.9. The molecule has 0 atom stereocenters. The van der Waals surface area contributed by atoms with Crippen molar-refractivity contribution in [2.75, 3.05) is 0 Å². The molecule has 2 aromatic carbocycles. The molecule has 0 radical (unpaired) electrons. The van der Waals surface area contributed by atoms with Crippen molar-refractivity contribution in [1.82, 2.24) is 5.16 Å². The molecule has 142 valence electrons. The fourth-order valence-corrected chi connectivity index (χ4v) is 2.47. The molecular formula is C20H15FN2O5. The maximum Gasteiger partial charge on any atom is 0.331 e. The van der Waals surface area contributed by atoms with Crippen molar-refractivity contribution in [3.8, 4) is 11.3 Å². The second kappa shape index (κ2) is 8.26. The van der Waals surface area contributed by atoms with Crippen LogP contribution >= 0.6 is 0 Å². The minimum Gasteiger partial charge on any atom is -0.456 e. The van der Waals surface area contributed by atoms with Crippen molar-refractivity contribution >= 4 is 17.7 Å². The van der Waals surface area contributed by atoms with Gasteiger partial charge in [0.25, 0.3) is 5.69 Å². The number of nitrogens with zero attached hydrogens (tertiary/aromatic N) is 2. The minimum absolute atomic E-state index is 0.0675. The Labute approximate surface area is 159 Å². The van der Waals surface area contributed by atoms with Gasteiger partial charge in [-0.25, -0.2) is 9.18 Å². The monoisotopic (exact) mass is 382 g/mol. The number of hydrogen-bond donors (Lipinski definition) is 0. The van der Waals surface area contributed by atoms with E-state index in [2.05, 4.69) is 5.16 Å². The Hall–Kier alpha value is -3.81. The molecule has 0 aliphatic rings. The van der Waals surface area contributed by atoms with Gasteiger partial charge in [-0.2, -0.15) is 0 Å². The zero-order chi connectivity index (χ0) is 20.1. The topological polar surface area (TPSA) is 95.5 Å². The predicted octanol–water partition coefficient (Wildman–Crippen LogP) is 4.45. The van der Waals surface area contributed by atoms with E-state index in [-0.39, 0.29) is 18.1 Å². The van der Waals surface area contributed by atoms with Gasteiger partial charge in [0.2, 0.25) is 0 Å². The van der Waals surface area contributed by atoms with E-state index in [0.29, 0.717) is 28.1 Å². The van der Waals surface area contributed by atoms with Gasteiger partial charge in [-0.15, -0.1) is 0 Å². The van der Waals surface area contributed by atoms with Crippen molar-refractivity contribution in [3.05, 3.63) is 87.4 Å². The van der Waals surface area contributed by atoms with Gasteiger partial charge in [0.15, 0.2) is 5.76 Å². The van der Waals surface area contributed by atoms with Crippen LogP contribution in [0.2, 0.25) is 0 Å². The van der Waals surface area contributed by atoms with Crippen LogP contribution in [0.3, 0.4) is 0 Å². The maximum absolute atomic E-state index is 13.0. The number of ether oxygens (including phenoxy) is 1. The molecule has 0 bridgehead atoms. The Morgan fingerprint density at radius 1 is 1.29 bits per heavy atom. The second-order valence-corrected chi connectivity index (χ2v) is 5.88. The van der Waals surface area contributed by atoms with E-state index < -0.39 is 10.9 Å². The molecule has 0 amide bonds. The Morgan fingerprint density at radius 3 is 2.75 bits per heavy atom. The van der Waals surface area contributed by atoms with Crippen LogP contribution in [-0.2, 0) is 16.1 Å². The van der Waals surface area contributed by atoms with Crippen LogP contribution in [0.1, 0.15) is 16.8 Å². The van der Waals surface area contributed by atoms with Gasteiger partial charge in [-0.1, -0.05) is 17.3 Å². The average molecular weight is 382 g/mol. The van der Waals surface area contributed by atoms with Crippen molar-refractivity contribution in [2.24, 2.45) is 0 Å². The number of nitro groups is 1. The highest BCUT2D eigenvalue weighted by Gasteiger charge is 2.15. The van der Waals surface area contributed by atoms with E-state index in [9.17, 15) is 19.3 Å². The quantitative estimate of drug-likeness (QED) is 0.270. The fourth-order valence-electron chi connectivity index (χ4n) is 2.47. The van der Waals surface area contributed by atoms with Gasteiger partial charge in [0.05, 0.1) is 4.92 Å². The smallest absolute Gasteiger partial charge is 0.331 e. The minimum atomic E-state index is -0.628. The largest absolute Gasteiger partial charge is 0.456 e. The molecule has 1 aromatic heterocycles. The summed E-state index contributed by atoms with van der Waals surface area (Å²) in [5.74, 6) is -0.513. The standard InChI is InChI=1S/C20H15FN2O5/c1-13-18(22-28-20(13)15-6-8-16(21)9-7-15)12-27-19(24)10-5-14-3-2-4-17(11-14)23(25)26/h2-11H,12H2,1H3/b10-5+. The lowest BCUT2D eigenvalue weighted by Crippen LogP contribution is -2.02. The number of aromatic nitrogens is 1. The van der Waals surface area contributed by atoms with Gasteiger partial charge in [-0.05, 0) is 42.8 Å². The van der Waals surface area contributed by atoms with E-state index in [1.807, 2.05) is 0 Å². The Balaban J connectivity index is 1.63. The van der Waals surface area contributed by atoms with E-state index in [1.54, 1.807) is 25.1 Å². The van der Waals surface area contributed by atoms with Crippen LogP contribution in [-0.4, -0.2) is 16.0 Å². The molecule has 3 aromatic rings. The Morgan fingerprint density at radius 2 is 2.04 bits per heavy atom. The SMILES string of the molecule is Cc1c(COC(=O)/C=C/c2cccc([N+](=O)[O-])c2)noc1-c1ccc(F)cc1. The van der Waals surface area contributed by atoms with Crippen molar-refractivity contribution in [1.29, 1.82) is 0 Å². The third-order valence-electron chi connectivity index (χ3n) is 3.97. The van der Waals surface area contributed by atoms with Crippen LogP contribution in [0.4, 0.5) is 10.1 Å². The van der Waals surface area contributed by atoms with E-state index in [0.717, 1.165) is 0 Å². The number of benzene rings is 2. The van der Waals surface area contributed by atoms with Crippen molar-refractivity contribution in [2.45, 2.75) is 13.5 Å². The Bertz CT molecular complexity index is 1040. The molecular weight excluding hydrogens is 367 g/mol. The van der Waals surface area contributed by atoms with Gasteiger partial charge in [0, 0.05) is 29.3 Å².